The predicted octanol–water partition coefficient (Wildman–Crippen LogP) is 2.80. The normalized spacial score (nSPS) is 21.5. The average molecular weight is 187 g/mol. The molecular weight excluding hydrogens is 174 g/mol. The maximum Gasteiger partial charge on any atom is 0.0991 e. The smallest absolute Gasteiger partial charge is 0.0991 e. The molecule has 1 aliphatic rings. The Balaban J connectivity index is 2.18. The van der Waals surface area contributed by atoms with Gasteiger partial charge in [-0.05, 0) is 37.0 Å². The third kappa shape index (κ3) is 1.94. The monoisotopic (exact) mass is 187 g/mol. The van der Waals surface area contributed by atoms with E-state index in [0.717, 1.165) is 30.6 Å². The predicted molar refractivity (Wildman–Crippen MR) is 53.7 cm³/mol. The summed E-state index contributed by atoms with van der Waals surface area (Å²) in [5, 5.41) is 8.77. The summed E-state index contributed by atoms with van der Waals surface area (Å²) in [5.74, 6) is 0. The molecule has 2 heteroatoms. The lowest BCUT2D eigenvalue weighted by atomic mass is 10.00. The third-order valence-electron chi connectivity index (χ3n) is 2.57. The van der Waals surface area contributed by atoms with Crippen molar-refractivity contribution in [3.8, 4) is 6.07 Å². The van der Waals surface area contributed by atoms with Gasteiger partial charge in [0.25, 0.3) is 0 Å². The summed E-state index contributed by atoms with van der Waals surface area (Å²) in [4.78, 5) is 0. The van der Waals surface area contributed by atoms with Crippen molar-refractivity contribution in [3.63, 3.8) is 0 Å². The first-order valence-corrected chi connectivity index (χ1v) is 5.02. The molecule has 0 saturated carbocycles. The summed E-state index contributed by atoms with van der Waals surface area (Å²) in [6.45, 7) is 0.849. The summed E-state index contributed by atoms with van der Waals surface area (Å²) in [6.07, 6.45) is 3.67. The standard InChI is InChI=1S/C12H13NO/c13-9-10-4-3-5-11(8-10)12-6-1-2-7-14-12/h3-5,8,12H,1-2,6-7H2. The van der Waals surface area contributed by atoms with Crippen LogP contribution in [0, 0.1) is 11.3 Å². The Kier molecular flexibility index (Phi) is 2.81. The fourth-order valence-corrected chi connectivity index (χ4v) is 1.81. The summed E-state index contributed by atoms with van der Waals surface area (Å²) in [7, 11) is 0. The van der Waals surface area contributed by atoms with Gasteiger partial charge in [0.05, 0.1) is 17.7 Å². The Bertz CT molecular complexity index is 348. The van der Waals surface area contributed by atoms with E-state index in [2.05, 4.69) is 6.07 Å². The maximum absolute atomic E-state index is 8.77. The van der Waals surface area contributed by atoms with Gasteiger partial charge in [-0.3, -0.25) is 0 Å². The van der Waals surface area contributed by atoms with E-state index in [1.807, 2.05) is 24.3 Å². The molecule has 0 bridgehead atoms. The van der Waals surface area contributed by atoms with Crippen LogP contribution < -0.4 is 0 Å². The van der Waals surface area contributed by atoms with Crippen LogP contribution in [0.15, 0.2) is 24.3 Å². The fourth-order valence-electron chi connectivity index (χ4n) is 1.81. The zero-order valence-electron chi connectivity index (χ0n) is 8.07. The molecule has 2 nitrogen and oxygen atoms in total. The van der Waals surface area contributed by atoms with Gasteiger partial charge in [0.2, 0.25) is 0 Å². The Labute approximate surface area is 84.1 Å². The van der Waals surface area contributed by atoms with Gasteiger partial charge >= 0.3 is 0 Å². The van der Waals surface area contributed by atoms with Crippen LogP contribution in [0.4, 0.5) is 0 Å². The van der Waals surface area contributed by atoms with E-state index < -0.39 is 0 Å². The van der Waals surface area contributed by atoms with E-state index in [-0.39, 0.29) is 6.10 Å². The minimum atomic E-state index is 0.206. The summed E-state index contributed by atoms with van der Waals surface area (Å²) in [5.41, 5.74) is 1.86. The molecule has 0 spiro atoms. The topological polar surface area (TPSA) is 33.0 Å². The number of benzene rings is 1. The molecule has 1 fully saturated rings. The van der Waals surface area contributed by atoms with E-state index in [9.17, 15) is 0 Å². The number of nitrogens with zero attached hydrogens (tertiary/aromatic N) is 1. The van der Waals surface area contributed by atoms with Crippen LogP contribution in [0.2, 0.25) is 0 Å². The molecule has 0 N–H and O–H groups in total. The van der Waals surface area contributed by atoms with E-state index in [0.29, 0.717) is 0 Å². The van der Waals surface area contributed by atoms with Crippen molar-refractivity contribution in [2.24, 2.45) is 0 Å². The van der Waals surface area contributed by atoms with Crippen LogP contribution >= 0.6 is 0 Å². The van der Waals surface area contributed by atoms with Gasteiger partial charge in [0.15, 0.2) is 0 Å². The second-order valence-electron chi connectivity index (χ2n) is 3.59. The molecule has 0 amide bonds. The van der Waals surface area contributed by atoms with Crippen molar-refractivity contribution in [3.05, 3.63) is 35.4 Å². The van der Waals surface area contributed by atoms with Crippen LogP contribution in [-0.4, -0.2) is 6.61 Å². The molecule has 2 rings (SSSR count). The highest BCUT2D eigenvalue weighted by atomic mass is 16.5. The second-order valence-corrected chi connectivity index (χ2v) is 3.59. The SMILES string of the molecule is N#Cc1cccc(C2CCCCO2)c1. The first-order valence-electron chi connectivity index (χ1n) is 5.02. The largest absolute Gasteiger partial charge is 0.374 e. The Morgan fingerprint density at radius 2 is 2.29 bits per heavy atom. The zero-order valence-corrected chi connectivity index (χ0v) is 8.07. The van der Waals surface area contributed by atoms with Crippen LogP contribution in [0.25, 0.3) is 0 Å². The minimum Gasteiger partial charge on any atom is -0.374 e. The number of rotatable bonds is 1. The number of nitriles is 1. The van der Waals surface area contributed by atoms with E-state index >= 15 is 0 Å². The Morgan fingerprint density at radius 3 is 3.00 bits per heavy atom. The van der Waals surface area contributed by atoms with Crippen molar-refractivity contribution < 1.29 is 4.74 Å². The summed E-state index contributed by atoms with van der Waals surface area (Å²) in [6, 6.07) is 9.86. The molecular formula is C12H13NO. The van der Waals surface area contributed by atoms with E-state index in [4.69, 9.17) is 10.00 Å². The molecule has 72 valence electrons. The van der Waals surface area contributed by atoms with Gasteiger partial charge in [-0.1, -0.05) is 12.1 Å². The quantitative estimate of drug-likeness (QED) is 0.677. The molecule has 1 unspecified atom stereocenters. The van der Waals surface area contributed by atoms with Crippen molar-refractivity contribution in [2.45, 2.75) is 25.4 Å². The molecule has 1 aliphatic heterocycles. The number of hydrogen-bond donors (Lipinski definition) is 0. The van der Waals surface area contributed by atoms with Gasteiger partial charge in [-0.15, -0.1) is 0 Å². The van der Waals surface area contributed by atoms with Gasteiger partial charge in [0, 0.05) is 6.61 Å². The van der Waals surface area contributed by atoms with Crippen LogP contribution in [0.3, 0.4) is 0 Å². The fraction of sp³-hybridized carbons (Fsp3) is 0.417. The lowest BCUT2D eigenvalue weighted by Gasteiger charge is -2.22. The van der Waals surface area contributed by atoms with Gasteiger partial charge < -0.3 is 4.74 Å². The van der Waals surface area contributed by atoms with E-state index in [1.54, 1.807) is 0 Å². The summed E-state index contributed by atoms with van der Waals surface area (Å²) >= 11 is 0. The highest BCUT2D eigenvalue weighted by Gasteiger charge is 2.15. The van der Waals surface area contributed by atoms with Gasteiger partial charge in [-0.2, -0.15) is 5.26 Å². The Morgan fingerprint density at radius 1 is 1.36 bits per heavy atom. The molecule has 1 heterocycles. The van der Waals surface area contributed by atoms with Gasteiger partial charge in [0.1, 0.15) is 0 Å². The number of hydrogen-bond acceptors (Lipinski definition) is 2. The van der Waals surface area contributed by atoms with Crippen molar-refractivity contribution in [1.82, 2.24) is 0 Å². The number of ether oxygens (including phenoxy) is 1. The van der Waals surface area contributed by atoms with Crippen LogP contribution in [0.5, 0.6) is 0 Å². The average Bonchev–Trinajstić information content (AvgIpc) is 2.30. The summed E-state index contributed by atoms with van der Waals surface area (Å²) < 4.78 is 5.65. The molecule has 1 aromatic rings. The van der Waals surface area contributed by atoms with Crippen LogP contribution in [0.1, 0.15) is 36.5 Å². The molecule has 0 radical (unpaired) electrons. The lowest BCUT2D eigenvalue weighted by Crippen LogP contribution is -2.11. The molecule has 14 heavy (non-hydrogen) atoms. The molecule has 0 aromatic heterocycles. The van der Waals surface area contributed by atoms with Crippen molar-refractivity contribution in [1.29, 1.82) is 5.26 Å². The minimum absolute atomic E-state index is 0.206. The van der Waals surface area contributed by atoms with E-state index in [1.165, 1.54) is 6.42 Å². The van der Waals surface area contributed by atoms with Gasteiger partial charge in [-0.25, -0.2) is 0 Å². The highest BCUT2D eigenvalue weighted by Crippen LogP contribution is 2.27. The molecule has 0 aliphatic carbocycles. The Hall–Kier alpha value is -1.33. The first-order chi connectivity index (χ1) is 6.90. The lowest BCUT2D eigenvalue weighted by molar-refractivity contribution is 0.0149. The second kappa shape index (κ2) is 4.26. The maximum atomic E-state index is 8.77. The first kappa shape index (κ1) is 9.23. The zero-order chi connectivity index (χ0) is 9.80. The molecule has 1 atom stereocenters. The van der Waals surface area contributed by atoms with Crippen molar-refractivity contribution in [2.75, 3.05) is 6.61 Å². The van der Waals surface area contributed by atoms with Crippen LogP contribution in [-0.2, 0) is 4.74 Å². The highest BCUT2D eigenvalue weighted by molar-refractivity contribution is 5.33. The van der Waals surface area contributed by atoms with Crippen molar-refractivity contribution >= 4 is 0 Å². The molecule has 1 saturated heterocycles. The third-order valence-corrected chi connectivity index (χ3v) is 2.57. The molecule has 1 aromatic carbocycles.